The van der Waals surface area contributed by atoms with Crippen molar-refractivity contribution in [3.05, 3.63) is 17.8 Å². The maximum atomic E-state index is 12.4. The molecule has 1 aliphatic heterocycles. The van der Waals surface area contributed by atoms with Crippen LogP contribution in [-0.4, -0.2) is 36.0 Å². The van der Waals surface area contributed by atoms with Crippen LogP contribution in [0.5, 0.6) is 5.88 Å². The van der Waals surface area contributed by atoms with Gasteiger partial charge in [0, 0.05) is 0 Å². The van der Waals surface area contributed by atoms with Gasteiger partial charge in [0.15, 0.2) is 0 Å². The van der Waals surface area contributed by atoms with Crippen LogP contribution in [0.4, 0.5) is 5.69 Å². The summed E-state index contributed by atoms with van der Waals surface area (Å²) in [4.78, 5) is 27.7. The van der Waals surface area contributed by atoms with Gasteiger partial charge >= 0.3 is 0 Å². The lowest BCUT2D eigenvalue weighted by molar-refractivity contribution is -0.122. The quantitative estimate of drug-likeness (QED) is 0.756. The van der Waals surface area contributed by atoms with Gasteiger partial charge in [0.05, 0.1) is 24.5 Å². The number of methoxy groups -OCH3 is 1. The molecule has 1 aromatic heterocycles. The standard InChI is InChI=1S/C14H20N4O3/c1-14(5-3-4-6-17-14)13(20)18-9-7-10(11(15)19)12(21-2)16-8-9/h7-8,17H,3-6H2,1-2H3,(H2,15,19)(H,18,20). The van der Waals surface area contributed by atoms with Gasteiger partial charge in [-0.3, -0.25) is 9.59 Å². The molecule has 1 atom stereocenters. The van der Waals surface area contributed by atoms with Crippen LogP contribution < -0.4 is 21.1 Å². The van der Waals surface area contributed by atoms with E-state index in [0.29, 0.717) is 5.69 Å². The highest BCUT2D eigenvalue weighted by Gasteiger charge is 2.34. The largest absolute Gasteiger partial charge is 0.480 e. The second kappa shape index (κ2) is 6.09. The molecule has 4 N–H and O–H groups in total. The lowest BCUT2D eigenvalue weighted by Gasteiger charge is -2.33. The molecule has 1 unspecified atom stereocenters. The van der Waals surface area contributed by atoms with Gasteiger partial charge in [0.25, 0.3) is 5.91 Å². The number of hydrogen-bond acceptors (Lipinski definition) is 5. The monoisotopic (exact) mass is 292 g/mol. The number of primary amides is 1. The van der Waals surface area contributed by atoms with Gasteiger partial charge in [0.2, 0.25) is 11.8 Å². The summed E-state index contributed by atoms with van der Waals surface area (Å²) < 4.78 is 4.97. The average molecular weight is 292 g/mol. The molecule has 1 saturated heterocycles. The molecule has 7 nitrogen and oxygen atoms in total. The number of ether oxygens (including phenoxy) is 1. The molecule has 0 aromatic carbocycles. The Labute approximate surface area is 123 Å². The first-order valence-electron chi connectivity index (χ1n) is 6.86. The fourth-order valence-corrected chi connectivity index (χ4v) is 2.38. The van der Waals surface area contributed by atoms with Crippen LogP contribution in [0.3, 0.4) is 0 Å². The van der Waals surface area contributed by atoms with Crippen LogP contribution in [0.25, 0.3) is 0 Å². The first-order chi connectivity index (χ1) is 9.96. The second-order valence-corrected chi connectivity index (χ2v) is 5.32. The summed E-state index contributed by atoms with van der Waals surface area (Å²) in [5.41, 5.74) is 5.22. The zero-order valence-electron chi connectivity index (χ0n) is 12.2. The number of amides is 2. The Balaban J connectivity index is 2.17. The van der Waals surface area contributed by atoms with E-state index >= 15 is 0 Å². The van der Waals surface area contributed by atoms with Crippen molar-refractivity contribution in [2.45, 2.75) is 31.7 Å². The Morgan fingerprint density at radius 3 is 2.81 bits per heavy atom. The number of nitrogens with one attached hydrogen (secondary N) is 2. The molecular weight excluding hydrogens is 272 g/mol. The average Bonchev–Trinajstić information content (AvgIpc) is 2.47. The van der Waals surface area contributed by atoms with Crippen LogP contribution in [0.2, 0.25) is 0 Å². The minimum absolute atomic E-state index is 0.136. The molecule has 0 aliphatic carbocycles. The number of piperidine rings is 1. The summed E-state index contributed by atoms with van der Waals surface area (Å²) in [5.74, 6) is -0.662. The topological polar surface area (TPSA) is 106 Å². The van der Waals surface area contributed by atoms with E-state index in [-0.39, 0.29) is 17.4 Å². The highest BCUT2D eigenvalue weighted by molar-refractivity contribution is 6.00. The summed E-state index contributed by atoms with van der Waals surface area (Å²) in [6.45, 7) is 2.69. The first-order valence-corrected chi connectivity index (χ1v) is 6.86. The van der Waals surface area contributed by atoms with Crippen molar-refractivity contribution in [3.63, 3.8) is 0 Å². The van der Waals surface area contributed by atoms with Crippen LogP contribution in [0.1, 0.15) is 36.5 Å². The molecule has 1 aromatic rings. The summed E-state index contributed by atoms with van der Waals surface area (Å²) >= 11 is 0. The number of anilines is 1. The maximum Gasteiger partial charge on any atom is 0.254 e. The number of carbonyl (C=O) groups is 2. The molecule has 1 aliphatic rings. The van der Waals surface area contributed by atoms with Gasteiger partial charge < -0.3 is 21.1 Å². The van der Waals surface area contributed by atoms with Crippen molar-refractivity contribution in [1.29, 1.82) is 0 Å². The van der Waals surface area contributed by atoms with E-state index < -0.39 is 11.4 Å². The number of carbonyl (C=O) groups excluding carboxylic acids is 2. The van der Waals surface area contributed by atoms with Gasteiger partial charge in [-0.15, -0.1) is 0 Å². The lowest BCUT2D eigenvalue weighted by Crippen LogP contribution is -2.54. The van der Waals surface area contributed by atoms with Gasteiger partial charge in [-0.25, -0.2) is 4.98 Å². The molecule has 7 heteroatoms. The Hall–Kier alpha value is -2.15. The van der Waals surface area contributed by atoms with Crippen molar-refractivity contribution < 1.29 is 14.3 Å². The smallest absolute Gasteiger partial charge is 0.254 e. The minimum Gasteiger partial charge on any atom is -0.480 e. The second-order valence-electron chi connectivity index (χ2n) is 5.32. The fourth-order valence-electron chi connectivity index (χ4n) is 2.38. The SMILES string of the molecule is COc1ncc(NC(=O)C2(C)CCCCN2)cc1C(N)=O. The van der Waals surface area contributed by atoms with Crippen molar-refractivity contribution in [1.82, 2.24) is 10.3 Å². The zero-order chi connectivity index (χ0) is 15.5. The highest BCUT2D eigenvalue weighted by Crippen LogP contribution is 2.23. The van der Waals surface area contributed by atoms with E-state index in [9.17, 15) is 9.59 Å². The van der Waals surface area contributed by atoms with Gasteiger partial charge in [-0.1, -0.05) is 0 Å². The van der Waals surface area contributed by atoms with E-state index in [1.54, 1.807) is 0 Å². The lowest BCUT2D eigenvalue weighted by atomic mass is 9.90. The third kappa shape index (κ3) is 3.30. The third-order valence-corrected chi connectivity index (χ3v) is 3.69. The van der Waals surface area contributed by atoms with Crippen molar-refractivity contribution in [3.8, 4) is 5.88 Å². The van der Waals surface area contributed by atoms with E-state index in [2.05, 4.69) is 15.6 Å². The molecule has 114 valence electrons. The Morgan fingerprint density at radius 2 is 2.24 bits per heavy atom. The molecule has 0 radical (unpaired) electrons. The molecule has 2 amide bonds. The summed E-state index contributed by atoms with van der Waals surface area (Å²) in [5, 5.41) is 6.00. The number of hydrogen-bond donors (Lipinski definition) is 3. The Morgan fingerprint density at radius 1 is 1.48 bits per heavy atom. The molecule has 0 saturated carbocycles. The number of pyridine rings is 1. The molecule has 0 spiro atoms. The van der Waals surface area contributed by atoms with Crippen LogP contribution in [0.15, 0.2) is 12.3 Å². The zero-order valence-corrected chi connectivity index (χ0v) is 12.2. The molecule has 1 fully saturated rings. The van der Waals surface area contributed by atoms with Crippen molar-refractivity contribution in [2.75, 3.05) is 19.0 Å². The number of nitrogens with zero attached hydrogens (tertiary/aromatic N) is 1. The normalized spacial score (nSPS) is 21.6. The number of nitrogens with two attached hydrogens (primary N) is 1. The van der Waals surface area contributed by atoms with Crippen LogP contribution in [0, 0.1) is 0 Å². The predicted octanol–water partition coefficient (Wildman–Crippen LogP) is 0.660. The van der Waals surface area contributed by atoms with Crippen LogP contribution >= 0.6 is 0 Å². The Kier molecular flexibility index (Phi) is 4.42. The van der Waals surface area contributed by atoms with Gasteiger partial charge in [-0.2, -0.15) is 0 Å². The van der Waals surface area contributed by atoms with E-state index in [4.69, 9.17) is 10.5 Å². The summed E-state index contributed by atoms with van der Waals surface area (Å²) in [6.07, 6.45) is 4.28. The first kappa shape index (κ1) is 15.2. The fraction of sp³-hybridized carbons (Fsp3) is 0.500. The van der Waals surface area contributed by atoms with Gasteiger partial charge in [0.1, 0.15) is 5.56 Å². The van der Waals surface area contributed by atoms with E-state index in [1.807, 2.05) is 6.92 Å². The molecule has 2 rings (SSSR count). The molecular formula is C14H20N4O3. The summed E-state index contributed by atoms with van der Waals surface area (Å²) in [7, 11) is 1.40. The number of rotatable bonds is 4. The van der Waals surface area contributed by atoms with Crippen LogP contribution in [-0.2, 0) is 4.79 Å². The third-order valence-electron chi connectivity index (χ3n) is 3.69. The van der Waals surface area contributed by atoms with Gasteiger partial charge in [-0.05, 0) is 38.8 Å². The predicted molar refractivity (Wildman–Crippen MR) is 78.2 cm³/mol. The molecule has 21 heavy (non-hydrogen) atoms. The minimum atomic E-state index is -0.655. The maximum absolute atomic E-state index is 12.4. The Bertz CT molecular complexity index is 553. The molecule has 0 bridgehead atoms. The van der Waals surface area contributed by atoms with E-state index in [1.165, 1.54) is 19.4 Å². The van der Waals surface area contributed by atoms with Crippen molar-refractivity contribution >= 4 is 17.5 Å². The molecule has 2 heterocycles. The van der Waals surface area contributed by atoms with E-state index in [0.717, 1.165) is 25.8 Å². The van der Waals surface area contributed by atoms with Crippen molar-refractivity contribution in [2.24, 2.45) is 5.73 Å². The number of aromatic nitrogens is 1. The summed E-state index contributed by atoms with van der Waals surface area (Å²) in [6, 6.07) is 1.47. The highest BCUT2D eigenvalue weighted by atomic mass is 16.5.